The van der Waals surface area contributed by atoms with Gasteiger partial charge in [0.2, 0.25) is 0 Å². The lowest BCUT2D eigenvalue weighted by Gasteiger charge is -2.32. The molecule has 1 aromatic carbocycles. The second-order valence-electron chi connectivity index (χ2n) is 5.91. The molecule has 2 unspecified atom stereocenters. The Hall–Kier alpha value is -1.99. The molecule has 0 aromatic heterocycles. The Morgan fingerprint density at radius 2 is 2.04 bits per heavy atom. The highest BCUT2D eigenvalue weighted by Crippen LogP contribution is 2.44. The van der Waals surface area contributed by atoms with Crippen LogP contribution in [0.25, 0.3) is 0 Å². The zero-order valence-electron chi connectivity index (χ0n) is 12.7. The van der Waals surface area contributed by atoms with E-state index in [0.717, 1.165) is 0 Å². The normalized spacial score (nSPS) is 26.1. The molecule has 0 amide bonds. The van der Waals surface area contributed by atoms with E-state index in [1.54, 1.807) is 19.1 Å². The minimum atomic E-state index is -0.581. The van der Waals surface area contributed by atoms with Gasteiger partial charge in [-0.25, -0.2) is 9.18 Å². The predicted octanol–water partition coefficient (Wildman–Crippen LogP) is 2.33. The van der Waals surface area contributed by atoms with E-state index >= 15 is 0 Å². The second kappa shape index (κ2) is 5.53. The van der Waals surface area contributed by atoms with Crippen molar-refractivity contribution in [3.05, 3.63) is 56.6 Å². The highest BCUT2D eigenvalue weighted by atomic mass is 79.9. The summed E-state index contributed by atoms with van der Waals surface area (Å²) < 4.78 is 24.5. The molecule has 3 aliphatic heterocycles. The summed E-state index contributed by atoms with van der Waals surface area (Å²) in [6.07, 6.45) is -0.426. The van der Waals surface area contributed by atoms with E-state index in [-0.39, 0.29) is 23.5 Å². The molecule has 124 valence electrons. The maximum Gasteiger partial charge on any atom is 0.337 e. The molecule has 0 spiro atoms. The molecular weight excluding hydrogens is 381 g/mol. The van der Waals surface area contributed by atoms with Crippen LogP contribution in [0.3, 0.4) is 0 Å². The van der Waals surface area contributed by atoms with Crippen LogP contribution in [0.1, 0.15) is 18.4 Å². The van der Waals surface area contributed by atoms with Gasteiger partial charge in [0.05, 0.1) is 22.3 Å². The van der Waals surface area contributed by atoms with Crippen molar-refractivity contribution >= 4 is 27.7 Å². The summed E-state index contributed by atoms with van der Waals surface area (Å²) in [7, 11) is 0. The summed E-state index contributed by atoms with van der Waals surface area (Å²) in [6.45, 7) is 1.99. The van der Waals surface area contributed by atoms with Crippen molar-refractivity contribution in [3.8, 4) is 0 Å². The zero-order chi connectivity index (χ0) is 17.0. The number of halogens is 2. The number of ketones is 1. The number of ether oxygens (including phenoxy) is 2. The summed E-state index contributed by atoms with van der Waals surface area (Å²) in [6, 6.07) is 4.50. The van der Waals surface area contributed by atoms with Gasteiger partial charge in [-0.05, 0) is 40.5 Å². The first-order valence-electron chi connectivity index (χ1n) is 7.48. The summed E-state index contributed by atoms with van der Waals surface area (Å²) in [5, 5.41) is 3.14. The number of carbonyl (C=O) groups is 2. The molecule has 1 N–H and O–H groups in total. The molecule has 3 heterocycles. The molecule has 7 heteroatoms. The van der Waals surface area contributed by atoms with Crippen LogP contribution >= 0.6 is 15.9 Å². The van der Waals surface area contributed by atoms with Gasteiger partial charge in [0.1, 0.15) is 18.5 Å². The van der Waals surface area contributed by atoms with Gasteiger partial charge in [-0.15, -0.1) is 0 Å². The quantitative estimate of drug-likeness (QED) is 0.741. The number of hydrogen-bond donors (Lipinski definition) is 1. The first-order valence-corrected chi connectivity index (χ1v) is 8.27. The fraction of sp³-hybridized carbons (Fsp3) is 0.294. The highest BCUT2D eigenvalue weighted by molar-refractivity contribution is 9.10. The topological polar surface area (TPSA) is 64.6 Å². The summed E-state index contributed by atoms with van der Waals surface area (Å²) in [5.74, 6) is -1.63. The molecule has 24 heavy (non-hydrogen) atoms. The monoisotopic (exact) mass is 393 g/mol. The van der Waals surface area contributed by atoms with Crippen molar-refractivity contribution in [2.45, 2.75) is 18.9 Å². The van der Waals surface area contributed by atoms with Crippen LogP contribution in [-0.4, -0.2) is 31.1 Å². The molecule has 4 rings (SSSR count). The molecular formula is C17H13BrFNO4. The molecule has 0 saturated heterocycles. The van der Waals surface area contributed by atoms with Gasteiger partial charge in [0, 0.05) is 17.2 Å². The lowest BCUT2D eigenvalue weighted by Crippen LogP contribution is -2.37. The van der Waals surface area contributed by atoms with Gasteiger partial charge in [-0.2, -0.15) is 0 Å². The maximum absolute atomic E-state index is 13.6. The number of hydrogen-bond acceptors (Lipinski definition) is 5. The van der Waals surface area contributed by atoms with Crippen LogP contribution in [0.4, 0.5) is 4.39 Å². The molecule has 0 aliphatic carbocycles. The molecule has 3 aliphatic rings. The third kappa shape index (κ3) is 2.22. The van der Waals surface area contributed by atoms with E-state index < -0.39 is 23.8 Å². The fourth-order valence-corrected chi connectivity index (χ4v) is 3.79. The Morgan fingerprint density at radius 3 is 2.79 bits per heavy atom. The number of Topliss-reactive ketones (excluding diaryl/α,β-unsaturated/α-hetero) is 1. The molecule has 2 atom stereocenters. The Bertz CT molecular complexity index is 843. The molecule has 0 bridgehead atoms. The van der Waals surface area contributed by atoms with Gasteiger partial charge in [-0.3, -0.25) is 4.79 Å². The molecule has 0 fully saturated rings. The summed E-state index contributed by atoms with van der Waals surface area (Å²) in [4.78, 5) is 24.8. The van der Waals surface area contributed by atoms with Crippen molar-refractivity contribution in [1.82, 2.24) is 5.32 Å². The Balaban J connectivity index is 1.93. The van der Waals surface area contributed by atoms with E-state index in [1.807, 2.05) is 0 Å². The molecule has 0 radical (unpaired) electrons. The smallest absolute Gasteiger partial charge is 0.337 e. The van der Waals surface area contributed by atoms with Crippen LogP contribution in [0.15, 0.2) is 45.2 Å². The highest BCUT2D eigenvalue weighted by Gasteiger charge is 2.45. The minimum Gasteiger partial charge on any atom is -0.453 e. The van der Waals surface area contributed by atoms with Crippen LogP contribution in [0, 0.1) is 5.82 Å². The van der Waals surface area contributed by atoms with E-state index in [4.69, 9.17) is 9.47 Å². The van der Waals surface area contributed by atoms with Crippen molar-refractivity contribution in [3.63, 3.8) is 0 Å². The van der Waals surface area contributed by atoms with Gasteiger partial charge in [0.15, 0.2) is 5.78 Å². The van der Waals surface area contributed by atoms with E-state index in [1.165, 1.54) is 6.07 Å². The number of esters is 1. The van der Waals surface area contributed by atoms with Gasteiger partial charge < -0.3 is 14.8 Å². The average molecular weight is 394 g/mol. The second-order valence-corrected chi connectivity index (χ2v) is 6.77. The SMILES string of the molecule is CC1OC(=O)C2=C1NC1=C(C(=O)COC1)C2c1ccc(F)c(Br)c1. The third-order valence-corrected chi connectivity index (χ3v) is 5.05. The Kier molecular flexibility index (Phi) is 3.58. The molecule has 1 aromatic rings. The Labute approximate surface area is 145 Å². The van der Waals surface area contributed by atoms with Gasteiger partial charge in [-0.1, -0.05) is 6.07 Å². The van der Waals surface area contributed by atoms with Crippen molar-refractivity contribution in [2.24, 2.45) is 0 Å². The lowest BCUT2D eigenvalue weighted by atomic mass is 9.78. The van der Waals surface area contributed by atoms with Crippen molar-refractivity contribution < 1.29 is 23.5 Å². The number of rotatable bonds is 1. The average Bonchev–Trinajstić information content (AvgIpc) is 2.83. The fourth-order valence-electron chi connectivity index (χ4n) is 3.39. The van der Waals surface area contributed by atoms with Crippen LogP contribution in [0.5, 0.6) is 0 Å². The number of dihydropyridines is 1. The standard InChI is InChI=1S/C17H13BrFNO4/c1-7-16-15(17(22)24-7)13(8-2-3-10(19)9(18)4-8)14-11(20-16)5-23-6-12(14)21/h2-4,7,13,20H,5-6H2,1H3. The van der Waals surface area contributed by atoms with Gasteiger partial charge in [0.25, 0.3) is 0 Å². The minimum absolute atomic E-state index is 0.0351. The molecule has 5 nitrogen and oxygen atoms in total. The summed E-state index contributed by atoms with van der Waals surface area (Å²) in [5.41, 5.74) is 2.84. The number of nitrogens with one attached hydrogen (secondary N) is 1. The van der Waals surface area contributed by atoms with E-state index in [0.29, 0.717) is 28.1 Å². The zero-order valence-corrected chi connectivity index (χ0v) is 14.3. The van der Waals surface area contributed by atoms with E-state index in [9.17, 15) is 14.0 Å². The maximum atomic E-state index is 13.6. The van der Waals surface area contributed by atoms with E-state index in [2.05, 4.69) is 21.2 Å². The molecule has 0 saturated carbocycles. The van der Waals surface area contributed by atoms with Gasteiger partial charge >= 0.3 is 5.97 Å². The summed E-state index contributed by atoms with van der Waals surface area (Å²) >= 11 is 3.17. The lowest BCUT2D eigenvalue weighted by molar-refractivity contribution is -0.139. The number of carbonyl (C=O) groups excluding carboxylic acids is 2. The van der Waals surface area contributed by atoms with Crippen LogP contribution in [0.2, 0.25) is 0 Å². The van der Waals surface area contributed by atoms with Crippen molar-refractivity contribution in [1.29, 1.82) is 0 Å². The van der Waals surface area contributed by atoms with Crippen LogP contribution in [-0.2, 0) is 19.1 Å². The number of benzene rings is 1. The number of cyclic esters (lactones) is 1. The third-order valence-electron chi connectivity index (χ3n) is 4.45. The Morgan fingerprint density at radius 1 is 1.25 bits per heavy atom. The van der Waals surface area contributed by atoms with Crippen molar-refractivity contribution in [2.75, 3.05) is 13.2 Å². The predicted molar refractivity (Wildman–Crippen MR) is 85.4 cm³/mol. The largest absolute Gasteiger partial charge is 0.453 e. The first kappa shape index (κ1) is 15.5. The van der Waals surface area contributed by atoms with Crippen LogP contribution < -0.4 is 5.32 Å². The first-order chi connectivity index (χ1) is 11.5.